The van der Waals surface area contributed by atoms with Crippen LogP contribution in [0, 0.1) is 17.2 Å². The predicted molar refractivity (Wildman–Crippen MR) is 128 cm³/mol. The number of piperidine rings is 1. The SMILES string of the molecule is CCOc1ccc2ncc(C#N)c(N3CCC(C(=O)N4CCc5ccccc5C4)CC3)c2c1. The van der Waals surface area contributed by atoms with Gasteiger partial charge >= 0.3 is 0 Å². The van der Waals surface area contributed by atoms with Crippen molar-refractivity contribution in [2.24, 2.45) is 5.92 Å². The summed E-state index contributed by atoms with van der Waals surface area (Å²) in [7, 11) is 0. The zero-order valence-electron chi connectivity index (χ0n) is 19.0. The monoisotopic (exact) mass is 440 g/mol. The molecule has 1 amide bonds. The highest BCUT2D eigenvalue weighted by molar-refractivity contribution is 5.95. The maximum absolute atomic E-state index is 13.3. The largest absolute Gasteiger partial charge is 0.494 e. The maximum Gasteiger partial charge on any atom is 0.226 e. The maximum atomic E-state index is 13.3. The molecule has 168 valence electrons. The van der Waals surface area contributed by atoms with E-state index in [0.29, 0.717) is 18.7 Å². The van der Waals surface area contributed by atoms with Crippen molar-refractivity contribution < 1.29 is 9.53 Å². The fourth-order valence-electron chi connectivity index (χ4n) is 5.13. The summed E-state index contributed by atoms with van der Waals surface area (Å²) < 4.78 is 5.69. The van der Waals surface area contributed by atoms with Gasteiger partial charge in [-0.2, -0.15) is 5.26 Å². The van der Waals surface area contributed by atoms with Crippen LogP contribution in [0.3, 0.4) is 0 Å². The smallest absolute Gasteiger partial charge is 0.226 e. The number of pyridine rings is 1. The number of nitriles is 1. The summed E-state index contributed by atoms with van der Waals surface area (Å²) in [6.45, 7) is 5.53. The zero-order chi connectivity index (χ0) is 22.8. The molecular formula is C27H28N4O2. The molecule has 2 aliphatic heterocycles. The molecule has 0 atom stereocenters. The third-order valence-electron chi connectivity index (χ3n) is 6.85. The van der Waals surface area contributed by atoms with Gasteiger partial charge in [0.05, 0.1) is 23.4 Å². The van der Waals surface area contributed by atoms with Gasteiger partial charge in [0.15, 0.2) is 0 Å². The lowest BCUT2D eigenvalue weighted by Gasteiger charge is -2.37. The highest BCUT2D eigenvalue weighted by Crippen LogP contribution is 2.35. The van der Waals surface area contributed by atoms with Crippen molar-refractivity contribution in [3.05, 3.63) is 65.4 Å². The second-order valence-corrected chi connectivity index (χ2v) is 8.78. The topological polar surface area (TPSA) is 69.5 Å². The average Bonchev–Trinajstić information content (AvgIpc) is 2.87. The molecule has 2 aliphatic rings. The number of carbonyl (C=O) groups excluding carboxylic acids is 1. The third-order valence-corrected chi connectivity index (χ3v) is 6.85. The Labute approximate surface area is 194 Å². The number of nitrogens with zero attached hydrogens (tertiary/aromatic N) is 4. The molecule has 0 unspecified atom stereocenters. The Morgan fingerprint density at radius 2 is 1.94 bits per heavy atom. The lowest BCUT2D eigenvalue weighted by Crippen LogP contribution is -2.44. The van der Waals surface area contributed by atoms with E-state index in [9.17, 15) is 10.1 Å². The van der Waals surface area contributed by atoms with Crippen LogP contribution in [0.1, 0.15) is 36.5 Å². The Kier molecular flexibility index (Phi) is 5.87. The van der Waals surface area contributed by atoms with Crippen LogP contribution < -0.4 is 9.64 Å². The second kappa shape index (κ2) is 9.11. The van der Waals surface area contributed by atoms with E-state index in [2.05, 4.69) is 34.2 Å². The molecule has 3 heterocycles. The number of aromatic nitrogens is 1. The van der Waals surface area contributed by atoms with Crippen LogP contribution in [0.4, 0.5) is 5.69 Å². The minimum absolute atomic E-state index is 0.0316. The molecule has 6 heteroatoms. The van der Waals surface area contributed by atoms with Gasteiger partial charge in [0.2, 0.25) is 5.91 Å². The van der Waals surface area contributed by atoms with E-state index in [1.807, 2.05) is 36.1 Å². The molecule has 0 aliphatic carbocycles. The zero-order valence-corrected chi connectivity index (χ0v) is 19.0. The van der Waals surface area contributed by atoms with Crippen molar-refractivity contribution in [3.8, 4) is 11.8 Å². The summed E-state index contributed by atoms with van der Waals surface area (Å²) in [5.74, 6) is 1.07. The van der Waals surface area contributed by atoms with E-state index in [0.717, 1.165) is 61.2 Å². The van der Waals surface area contributed by atoms with Crippen LogP contribution in [0.15, 0.2) is 48.7 Å². The van der Waals surface area contributed by atoms with Crippen LogP contribution in [0.2, 0.25) is 0 Å². The van der Waals surface area contributed by atoms with Crippen molar-refractivity contribution in [1.82, 2.24) is 9.88 Å². The Bertz CT molecular complexity index is 1220. The fourth-order valence-corrected chi connectivity index (χ4v) is 5.13. The van der Waals surface area contributed by atoms with Crippen LogP contribution in [-0.4, -0.2) is 42.0 Å². The summed E-state index contributed by atoms with van der Waals surface area (Å²) in [4.78, 5) is 22.0. The number of anilines is 1. The van der Waals surface area contributed by atoms with Crippen molar-refractivity contribution in [1.29, 1.82) is 5.26 Å². The molecule has 1 saturated heterocycles. The predicted octanol–water partition coefficient (Wildman–Crippen LogP) is 4.31. The van der Waals surface area contributed by atoms with Crippen LogP contribution in [0.25, 0.3) is 10.9 Å². The summed E-state index contributed by atoms with van der Waals surface area (Å²) in [6.07, 6.45) is 4.16. The Morgan fingerprint density at radius 1 is 1.15 bits per heavy atom. The van der Waals surface area contributed by atoms with Gasteiger partial charge < -0.3 is 14.5 Å². The number of rotatable bonds is 4. The molecule has 0 radical (unpaired) electrons. The van der Waals surface area contributed by atoms with Gasteiger partial charge in [0, 0.05) is 43.7 Å². The molecule has 0 saturated carbocycles. The van der Waals surface area contributed by atoms with E-state index in [4.69, 9.17) is 4.74 Å². The first-order valence-corrected chi connectivity index (χ1v) is 11.7. The number of hydrogen-bond donors (Lipinski definition) is 0. The number of fused-ring (bicyclic) bond motifs is 2. The second-order valence-electron chi connectivity index (χ2n) is 8.78. The average molecular weight is 441 g/mol. The Hall–Kier alpha value is -3.59. The highest BCUT2D eigenvalue weighted by atomic mass is 16.5. The first kappa shape index (κ1) is 21.3. The lowest BCUT2D eigenvalue weighted by molar-refractivity contribution is -0.137. The molecule has 0 bridgehead atoms. The number of ether oxygens (including phenoxy) is 1. The van der Waals surface area contributed by atoms with Crippen LogP contribution in [-0.2, 0) is 17.8 Å². The molecule has 33 heavy (non-hydrogen) atoms. The molecule has 6 nitrogen and oxygen atoms in total. The summed E-state index contributed by atoms with van der Waals surface area (Å²) in [5, 5.41) is 10.7. The van der Waals surface area contributed by atoms with Crippen LogP contribution >= 0.6 is 0 Å². The number of carbonyl (C=O) groups is 1. The summed E-state index contributed by atoms with van der Waals surface area (Å²) in [5.41, 5.74) is 4.94. The van der Waals surface area contributed by atoms with Gasteiger partial charge in [-0.15, -0.1) is 0 Å². The van der Waals surface area contributed by atoms with Gasteiger partial charge in [-0.25, -0.2) is 0 Å². The van der Waals surface area contributed by atoms with E-state index < -0.39 is 0 Å². The van der Waals surface area contributed by atoms with E-state index in [1.54, 1.807) is 6.20 Å². The number of amides is 1. The molecule has 5 rings (SSSR count). The van der Waals surface area contributed by atoms with Crippen LogP contribution in [0.5, 0.6) is 5.75 Å². The Balaban J connectivity index is 1.33. The fraction of sp³-hybridized carbons (Fsp3) is 0.370. The molecule has 2 aromatic carbocycles. The molecule has 0 spiro atoms. The quantitative estimate of drug-likeness (QED) is 0.605. The molecule has 1 fully saturated rings. The van der Waals surface area contributed by atoms with Crippen molar-refractivity contribution >= 4 is 22.5 Å². The molecule has 3 aromatic rings. The van der Waals surface area contributed by atoms with E-state index >= 15 is 0 Å². The number of hydrogen-bond acceptors (Lipinski definition) is 5. The van der Waals surface area contributed by atoms with Gasteiger partial charge in [0.1, 0.15) is 11.8 Å². The first-order chi connectivity index (χ1) is 16.2. The summed E-state index contributed by atoms with van der Waals surface area (Å²) in [6, 6.07) is 16.6. The third kappa shape index (κ3) is 4.11. The van der Waals surface area contributed by atoms with E-state index in [1.165, 1.54) is 11.1 Å². The van der Waals surface area contributed by atoms with Gasteiger partial charge in [0.25, 0.3) is 0 Å². The van der Waals surface area contributed by atoms with E-state index in [-0.39, 0.29) is 11.8 Å². The van der Waals surface area contributed by atoms with Gasteiger partial charge in [-0.3, -0.25) is 9.78 Å². The summed E-state index contributed by atoms with van der Waals surface area (Å²) >= 11 is 0. The first-order valence-electron chi connectivity index (χ1n) is 11.7. The molecule has 1 aromatic heterocycles. The normalized spacial score (nSPS) is 16.4. The lowest BCUT2D eigenvalue weighted by atomic mass is 9.92. The molecule has 0 N–H and O–H groups in total. The van der Waals surface area contributed by atoms with Crippen molar-refractivity contribution in [2.45, 2.75) is 32.7 Å². The Morgan fingerprint density at radius 3 is 2.70 bits per heavy atom. The minimum Gasteiger partial charge on any atom is -0.494 e. The van der Waals surface area contributed by atoms with Crippen molar-refractivity contribution in [3.63, 3.8) is 0 Å². The van der Waals surface area contributed by atoms with Crippen molar-refractivity contribution in [2.75, 3.05) is 31.1 Å². The van der Waals surface area contributed by atoms with Gasteiger partial charge in [-0.05, 0) is 55.5 Å². The standard InChI is InChI=1S/C27H28N4O2/c1-2-33-23-7-8-25-24(15-23)26(22(16-28)17-29-25)30-12-10-20(11-13-30)27(32)31-14-9-19-5-3-4-6-21(19)18-31/h3-8,15,17,20H,2,9-14,18H2,1H3. The van der Waals surface area contributed by atoms with Gasteiger partial charge in [-0.1, -0.05) is 24.3 Å². The minimum atomic E-state index is 0.0316. The molecular weight excluding hydrogens is 412 g/mol. The number of benzene rings is 2. The highest BCUT2D eigenvalue weighted by Gasteiger charge is 2.31.